The largest absolute Gasteiger partial charge is 0.291 e. The van der Waals surface area contributed by atoms with Crippen LogP contribution in [0.2, 0.25) is 0 Å². The van der Waals surface area contributed by atoms with E-state index in [1.807, 2.05) is 44.2 Å². The van der Waals surface area contributed by atoms with Gasteiger partial charge >= 0.3 is 0 Å². The summed E-state index contributed by atoms with van der Waals surface area (Å²) in [5.41, 5.74) is 3.00. The summed E-state index contributed by atoms with van der Waals surface area (Å²) in [7, 11) is 1.70. The molecule has 3 rings (SSSR count). The number of hydrogen-bond acceptors (Lipinski definition) is 5. The molecule has 0 atom stereocenters. The zero-order valence-electron chi connectivity index (χ0n) is 15.1. The molecule has 0 spiro atoms. The maximum Gasteiger partial charge on any atom is 0.264 e. The molecule has 0 bridgehead atoms. The average molecular weight is 368 g/mol. The molecule has 0 aliphatic carbocycles. The number of aromatic amines is 1. The maximum atomic E-state index is 11.8. The molecule has 1 N–H and O–H groups in total. The Morgan fingerprint density at radius 2 is 1.88 bits per heavy atom. The number of carbonyl (C=O) groups is 1. The second kappa shape index (κ2) is 7.21. The fraction of sp³-hybridized carbons (Fsp3) is 0.263. The second-order valence-electron chi connectivity index (χ2n) is 6.31. The van der Waals surface area contributed by atoms with Crippen molar-refractivity contribution in [2.75, 3.05) is 11.9 Å². The number of benzene rings is 1. The van der Waals surface area contributed by atoms with Gasteiger partial charge < -0.3 is 0 Å². The van der Waals surface area contributed by atoms with Gasteiger partial charge in [-0.1, -0.05) is 55.5 Å². The van der Waals surface area contributed by atoms with Gasteiger partial charge in [-0.05, 0) is 11.5 Å². The first-order valence-electron chi connectivity index (χ1n) is 8.29. The van der Waals surface area contributed by atoms with Crippen molar-refractivity contribution in [3.63, 3.8) is 0 Å². The van der Waals surface area contributed by atoms with Crippen molar-refractivity contribution in [3.05, 3.63) is 52.3 Å². The third-order valence-electron chi connectivity index (χ3n) is 4.10. The van der Waals surface area contributed by atoms with E-state index in [1.54, 1.807) is 13.1 Å². The first-order chi connectivity index (χ1) is 12.4. The number of aromatic nitrogens is 3. The standard InChI is InChI=1S/C19H20N4O2S/c1-11(2)14-10-15(25)21-22-17(14)18-16(13-8-6-5-7-9-13)20-19(26-18)23(4)12(3)24/h5-11H,1-4H3,(H,21,25). The van der Waals surface area contributed by atoms with Crippen LogP contribution in [0.3, 0.4) is 0 Å². The molecule has 3 aromatic rings. The summed E-state index contributed by atoms with van der Waals surface area (Å²) in [4.78, 5) is 30.6. The lowest BCUT2D eigenvalue weighted by Crippen LogP contribution is -2.22. The van der Waals surface area contributed by atoms with Crippen LogP contribution < -0.4 is 10.5 Å². The lowest BCUT2D eigenvalue weighted by atomic mass is 10.00. The molecule has 0 aliphatic heterocycles. The molecule has 2 heterocycles. The highest BCUT2D eigenvalue weighted by Crippen LogP contribution is 2.41. The number of amides is 1. The van der Waals surface area contributed by atoms with Crippen molar-refractivity contribution in [3.8, 4) is 21.8 Å². The van der Waals surface area contributed by atoms with E-state index in [2.05, 4.69) is 10.2 Å². The summed E-state index contributed by atoms with van der Waals surface area (Å²) in [5, 5.41) is 7.42. The quantitative estimate of drug-likeness (QED) is 0.762. The molecular formula is C19H20N4O2S. The number of nitrogens with zero attached hydrogens (tertiary/aromatic N) is 3. The predicted octanol–water partition coefficient (Wildman–Crippen LogP) is 3.67. The van der Waals surface area contributed by atoms with Crippen molar-refractivity contribution < 1.29 is 4.79 Å². The second-order valence-corrected chi connectivity index (χ2v) is 7.29. The van der Waals surface area contributed by atoms with Crippen LogP contribution in [-0.4, -0.2) is 28.1 Å². The van der Waals surface area contributed by atoms with Crippen molar-refractivity contribution in [2.24, 2.45) is 0 Å². The number of hydrogen-bond donors (Lipinski definition) is 1. The van der Waals surface area contributed by atoms with Crippen molar-refractivity contribution >= 4 is 22.4 Å². The van der Waals surface area contributed by atoms with Crippen LogP contribution >= 0.6 is 11.3 Å². The van der Waals surface area contributed by atoms with E-state index in [1.165, 1.54) is 23.2 Å². The summed E-state index contributed by atoms with van der Waals surface area (Å²) in [6, 6.07) is 11.3. The van der Waals surface area contributed by atoms with Crippen LogP contribution in [0.4, 0.5) is 5.13 Å². The zero-order chi connectivity index (χ0) is 18.8. The molecule has 1 aromatic carbocycles. The molecule has 0 unspecified atom stereocenters. The Morgan fingerprint density at radius 1 is 1.19 bits per heavy atom. The smallest absolute Gasteiger partial charge is 0.264 e. The molecule has 26 heavy (non-hydrogen) atoms. The van der Waals surface area contributed by atoms with E-state index in [9.17, 15) is 9.59 Å². The Balaban J connectivity index is 2.27. The van der Waals surface area contributed by atoms with Crippen LogP contribution in [0.5, 0.6) is 0 Å². The zero-order valence-corrected chi connectivity index (χ0v) is 15.9. The Kier molecular flexibility index (Phi) is 4.99. The minimum Gasteiger partial charge on any atom is -0.291 e. The summed E-state index contributed by atoms with van der Waals surface area (Å²) in [5.74, 6) is 0.0305. The van der Waals surface area contributed by atoms with E-state index in [-0.39, 0.29) is 17.4 Å². The number of anilines is 1. The van der Waals surface area contributed by atoms with Gasteiger partial charge in [-0.15, -0.1) is 0 Å². The van der Waals surface area contributed by atoms with Gasteiger partial charge in [0.2, 0.25) is 5.91 Å². The molecule has 6 nitrogen and oxygen atoms in total. The normalized spacial score (nSPS) is 11.0. The minimum atomic E-state index is -0.232. The van der Waals surface area contributed by atoms with Crippen molar-refractivity contribution in [1.29, 1.82) is 0 Å². The van der Waals surface area contributed by atoms with E-state index < -0.39 is 0 Å². The number of H-pyrrole nitrogens is 1. The molecule has 0 radical (unpaired) electrons. The van der Waals surface area contributed by atoms with Gasteiger partial charge in [0.05, 0.1) is 10.6 Å². The fourth-order valence-corrected chi connectivity index (χ4v) is 3.68. The van der Waals surface area contributed by atoms with E-state index in [0.29, 0.717) is 10.8 Å². The molecule has 134 valence electrons. The topological polar surface area (TPSA) is 79.0 Å². The number of nitrogens with one attached hydrogen (secondary N) is 1. The highest BCUT2D eigenvalue weighted by Gasteiger charge is 2.22. The van der Waals surface area contributed by atoms with E-state index >= 15 is 0 Å². The lowest BCUT2D eigenvalue weighted by Gasteiger charge is -2.10. The summed E-state index contributed by atoms with van der Waals surface area (Å²) < 4.78 is 0. The highest BCUT2D eigenvalue weighted by atomic mass is 32.1. The molecule has 1 amide bonds. The van der Waals surface area contributed by atoms with Crippen LogP contribution in [-0.2, 0) is 4.79 Å². The molecule has 0 saturated carbocycles. The molecule has 2 aromatic heterocycles. The van der Waals surface area contributed by atoms with Gasteiger partial charge in [0, 0.05) is 25.6 Å². The van der Waals surface area contributed by atoms with Gasteiger partial charge in [-0.3, -0.25) is 14.5 Å². The molecule has 0 fully saturated rings. The fourth-order valence-electron chi connectivity index (χ4n) is 2.58. The Labute approximate surface area is 155 Å². The van der Waals surface area contributed by atoms with Crippen LogP contribution in [0.1, 0.15) is 32.3 Å². The molecular weight excluding hydrogens is 348 g/mol. The van der Waals surface area contributed by atoms with E-state index in [4.69, 9.17) is 4.98 Å². The first-order valence-corrected chi connectivity index (χ1v) is 9.10. The minimum absolute atomic E-state index is 0.0941. The van der Waals surface area contributed by atoms with Crippen LogP contribution in [0, 0.1) is 0 Å². The summed E-state index contributed by atoms with van der Waals surface area (Å²) >= 11 is 1.39. The number of carbonyl (C=O) groups excluding carboxylic acids is 1. The molecule has 7 heteroatoms. The lowest BCUT2D eigenvalue weighted by molar-refractivity contribution is -0.116. The summed E-state index contributed by atoms with van der Waals surface area (Å²) in [6.45, 7) is 5.54. The Hall–Kier alpha value is -2.80. The third-order valence-corrected chi connectivity index (χ3v) is 5.24. The monoisotopic (exact) mass is 368 g/mol. The van der Waals surface area contributed by atoms with Crippen molar-refractivity contribution in [2.45, 2.75) is 26.7 Å². The summed E-state index contributed by atoms with van der Waals surface area (Å²) in [6.07, 6.45) is 0. The SMILES string of the molecule is CC(=O)N(C)c1nc(-c2ccccc2)c(-c2n[nH]c(=O)cc2C(C)C)s1. The number of rotatable bonds is 4. The van der Waals surface area contributed by atoms with E-state index in [0.717, 1.165) is 21.7 Å². The van der Waals surface area contributed by atoms with Gasteiger partial charge in [0.1, 0.15) is 5.69 Å². The van der Waals surface area contributed by atoms with Gasteiger partial charge in [-0.25, -0.2) is 10.1 Å². The highest BCUT2D eigenvalue weighted by molar-refractivity contribution is 7.19. The molecule has 0 aliphatic rings. The van der Waals surface area contributed by atoms with Gasteiger partial charge in [0.25, 0.3) is 5.56 Å². The van der Waals surface area contributed by atoms with Crippen molar-refractivity contribution in [1.82, 2.24) is 15.2 Å². The Bertz CT molecular complexity index is 992. The first kappa shape index (κ1) is 18.0. The number of thiazole rings is 1. The molecule has 0 saturated heterocycles. The average Bonchev–Trinajstić information content (AvgIpc) is 3.06. The Morgan fingerprint density at radius 3 is 2.50 bits per heavy atom. The van der Waals surface area contributed by atoms with Gasteiger partial charge in [-0.2, -0.15) is 5.10 Å². The van der Waals surface area contributed by atoms with Crippen LogP contribution in [0.25, 0.3) is 21.8 Å². The third kappa shape index (κ3) is 3.43. The maximum absolute atomic E-state index is 11.8. The predicted molar refractivity (Wildman–Crippen MR) is 105 cm³/mol. The van der Waals surface area contributed by atoms with Gasteiger partial charge in [0.15, 0.2) is 5.13 Å². The van der Waals surface area contributed by atoms with Crippen LogP contribution in [0.15, 0.2) is 41.2 Å².